The third-order valence-corrected chi connectivity index (χ3v) is 3.75. The first-order chi connectivity index (χ1) is 9.54. The topological polar surface area (TPSA) is 50.1 Å². The molecule has 4 nitrogen and oxygen atoms in total. The van der Waals surface area contributed by atoms with Crippen molar-refractivity contribution >= 4 is 23.2 Å². The van der Waals surface area contributed by atoms with Crippen molar-refractivity contribution < 1.29 is 5.11 Å². The van der Waals surface area contributed by atoms with Crippen LogP contribution in [-0.2, 0) is 0 Å². The number of aromatic nitrogens is 2. The summed E-state index contributed by atoms with van der Waals surface area (Å²) < 4.78 is 1.80. The second kappa shape index (κ2) is 6.59. The first-order valence-corrected chi connectivity index (χ1v) is 7.14. The lowest BCUT2D eigenvalue weighted by Gasteiger charge is -2.13. The minimum absolute atomic E-state index is 0.112. The molecule has 0 spiro atoms. The lowest BCUT2D eigenvalue weighted by molar-refractivity contribution is 0.286. The van der Waals surface area contributed by atoms with Crippen molar-refractivity contribution in [3.8, 4) is 5.69 Å². The van der Waals surface area contributed by atoms with E-state index in [1.807, 2.05) is 26.1 Å². The van der Waals surface area contributed by atoms with Gasteiger partial charge in [-0.05, 0) is 32.0 Å². The Morgan fingerprint density at radius 3 is 2.80 bits per heavy atom. The van der Waals surface area contributed by atoms with Gasteiger partial charge in [0, 0.05) is 28.9 Å². The molecule has 0 fully saturated rings. The van der Waals surface area contributed by atoms with Crippen LogP contribution in [0.3, 0.4) is 0 Å². The lowest BCUT2D eigenvalue weighted by atomic mass is 10.1. The number of hydrogen-bond donors (Lipinski definition) is 2. The number of rotatable bonds is 5. The first kappa shape index (κ1) is 15.3. The van der Waals surface area contributed by atoms with Crippen molar-refractivity contribution in [3.05, 3.63) is 45.7 Å². The van der Waals surface area contributed by atoms with Gasteiger partial charge >= 0.3 is 0 Å². The molecule has 0 amide bonds. The summed E-state index contributed by atoms with van der Waals surface area (Å²) in [4.78, 5) is 0. The highest BCUT2D eigenvalue weighted by Gasteiger charge is 2.15. The number of nitrogens with one attached hydrogen (secondary N) is 1. The van der Waals surface area contributed by atoms with Crippen molar-refractivity contribution in [2.24, 2.45) is 0 Å². The van der Waals surface area contributed by atoms with Gasteiger partial charge in [-0.15, -0.1) is 0 Å². The number of hydrogen-bond acceptors (Lipinski definition) is 3. The molecule has 2 N–H and O–H groups in total. The SMILES string of the molecule is Cc1c(C(C)NCCO)cnn1-c1ccc(Cl)cc1Cl. The monoisotopic (exact) mass is 313 g/mol. The summed E-state index contributed by atoms with van der Waals surface area (Å²) in [5.74, 6) is 0. The summed E-state index contributed by atoms with van der Waals surface area (Å²) in [6.45, 7) is 4.69. The van der Waals surface area contributed by atoms with Crippen LogP contribution in [-0.4, -0.2) is 28.0 Å². The molecule has 1 heterocycles. The highest BCUT2D eigenvalue weighted by molar-refractivity contribution is 6.35. The Morgan fingerprint density at radius 2 is 2.15 bits per heavy atom. The molecule has 0 bridgehead atoms. The van der Waals surface area contributed by atoms with E-state index in [0.717, 1.165) is 16.9 Å². The van der Waals surface area contributed by atoms with E-state index < -0.39 is 0 Å². The van der Waals surface area contributed by atoms with Crippen LogP contribution in [0.4, 0.5) is 0 Å². The average Bonchev–Trinajstić information content (AvgIpc) is 2.78. The molecular formula is C14H17Cl2N3O. The van der Waals surface area contributed by atoms with Gasteiger partial charge in [0.1, 0.15) is 0 Å². The number of aliphatic hydroxyl groups excluding tert-OH is 1. The van der Waals surface area contributed by atoms with E-state index in [9.17, 15) is 0 Å². The Hall–Kier alpha value is -1.07. The summed E-state index contributed by atoms with van der Waals surface area (Å²) >= 11 is 12.1. The van der Waals surface area contributed by atoms with Gasteiger partial charge in [0.05, 0.1) is 23.5 Å². The Kier molecular flexibility index (Phi) is 5.05. The molecule has 0 aliphatic carbocycles. The fourth-order valence-corrected chi connectivity index (χ4v) is 2.62. The summed E-state index contributed by atoms with van der Waals surface area (Å²) in [6, 6.07) is 5.45. The highest BCUT2D eigenvalue weighted by atomic mass is 35.5. The third kappa shape index (κ3) is 3.15. The Balaban J connectivity index is 2.33. The van der Waals surface area contributed by atoms with E-state index in [-0.39, 0.29) is 12.6 Å². The van der Waals surface area contributed by atoms with Crippen LogP contribution >= 0.6 is 23.2 Å². The molecule has 0 saturated carbocycles. The van der Waals surface area contributed by atoms with Gasteiger partial charge in [-0.3, -0.25) is 0 Å². The van der Waals surface area contributed by atoms with Crippen molar-refractivity contribution in [3.63, 3.8) is 0 Å². The van der Waals surface area contributed by atoms with Crippen molar-refractivity contribution in [1.82, 2.24) is 15.1 Å². The summed E-state index contributed by atoms with van der Waals surface area (Å²) in [6.07, 6.45) is 1.81. The zero-order valence-corrected chi connectivity index (χ0v) is 12.9. The minimum Gasteiger partial charge on any atom is -0.395 e. The standard InChI is InChI=1S/C14H17Cl2N3O/c1-9(17-5-6-20)12-8-18-19(10(12)2)14-4-3-11(15)7-13(14)16/h3-4,7-9,17,20H,5-6H2,1-2H3. The molecule has 2 rings (SSSR count). The summed E-state index contributed by atoms with van der Waals surface area (Å²) in [7, 11) is 0. The maximum Gasteiger partial charge on any atom is 0.0836 e. The van der Waals surface area contributed by atoms with Crippen molar-refractivity contribution in [1.29, 1.82) is 0 Å². The molecular weight excluding hydrogens is 297 g/mol. The Morgan fingerprint density at radius 1 is 1.40 bits per heavy atom. The zero-order chi connectivity index (χ0) is 14.7. The Labute approximate surface area is 128 Å². The zero-order valence-electron chi connectivity index (χ0n) is 11.4. The molecule has 1 aromatic carbocycles. The van der Waals surface area contributed by atoms with Crippen LogP contribution in [0.15, 0.2) is 24.4 Å². The van der Waals surface area contributed by atoms with E-state index in [0.29, 0.717) is 16.6 Å². The van der Waals surface area contributed by atoms with Crippen LogP contribution in [0.1, 0.15) is 24.2 Å². The van der Waals surface area contributed by atoms with Gasteiger partial charge in [0.15, 0.2) is 0 Å². The lowest BCUT2D eigenvalue weighted by Crippen LogP contribution is -2.22. The number of benzene rings is 1. The molecule has 1 unspecified atom stereocenters. The molecule has 0 aliphatic rings. The largest absolute Gasteiger partial charge is 0.395 e. The average molecular weight is 314 g/mol. The van der Waals surface area contributed by atoms with Gasteiger partial charge in [-0.1, -0.05) is 23.2 Å². The Bertz CT molecular complexity index is 598. The predicted octanol–water partition coefficient (Wildman–Crippen LogP) is 3.13. The molecule has 0 radical (unpaired) electrons. The van der Waals surface area contributed by atoms with Gasteiger partial charge < -0.3 is 10.4 Å². The fourth-order valence-electron chi connectivity index (χ4n) is 2.13. The van der Waals surface area contributed by atoms with Crippen LogP contribution in [0, 0.1) is 6.92 Å². The van der Waals surface area contributed by atoms with Gasteiger partial charge in [-0.2, -0.15) is 5.10 Å². The molecule has 20 heavy (non-hydrogen) atoms. The second-order valence-electron chi connectivity index (χ2n) is 4.59. The van der Waals surface area contributed by atoms with E-state index >= 15 is 0 Å². The quantitative estimate of drug-likeness (QED) is 0.891. The van der Waals surface area contributed by atoms with E-state index in [4.69, 9.17) is 28.3 Å². The molecule has 6 heteroatoms. The van der Waals surface area contributed by atoms with E-state index in [1.54, 1.807) is 16.8 Å². The molecule has 108 valence electrons. The van der Waals surface area contributed by atoms with Gasteiger partial charge in [0.2, 0.25) is 0 Å². The number of aliphatic hydroxyl groups is 1. The minimum atomic E-state index is 0.112. The molecule has 1 aromatic heterocycles. The summed E-state index contributed by atoms with van der Waals surface area (Å²) in [5.41, 5.74) is 2.88. The van der Waals surface area contributed by atoms with Gasteiger partial charge in [-0.25, -0.2) is 4.68 Å². The van der Waals surface area contributed by atoms with Crippen molar-refractivity contribution in [2.45, 2.75) is 19.9 Å². The predicted molar refractivity (Wildman–Crippen MR) is 81.8 cm³/mol. The fraction of sp³-hybridized carbons (Fsp3) is 0.357. The first-order valence-electron chi connectivity index (χ1n) is 6.38. The van der Waals surface area contributed by atoms with Gasteiger partial charge in [0.25, 0.3) is 0 Å². The van der Waals surface area contributed by atoms with Crippen LogP contribution in [0.5, 0.6) is 0 Å². The number of nitrogens with zero attached hydrogens (tertiary/aromatic N) is 2. The molecule has 1 atom stereocenters. The van der Waals surface area contributed by atoms with E-state index in [1.165, 1.54) is 0 Å². The van der Waals surface area contributed by atoms with E-state index in [2.05, 4.69) is 10.4 Å². The normalized spacial score (nSPS) is 12.7. The maximum absolute atomic E-state index is 8.86. The molecule has 2 aromatic rings. The highest BCUT2D eigenvalue weighted by Crippen LogP contribution is 2.27. The van der Waals surface area contributed by atoms with Crippen LogP contribution in [0.2, 0.25) is 10.0 Å². The van der Waals surface area contributed by atoms with Crippen LogP contribution < -0.4 is 5.32 Å². The third-order valence-electron chi connectivity index (χ3n) is 3.21. The second-order valence-corrected chi connectivity index (χ2v) is 5.44. The number of halogens is 2. The summed E-state index contributed by atoms with van der Waals surface area (Å²) in [5, 5.41) is 17.6. The molecule has 0 saturated heterocycles. The van der Waals surface area contributed by atoms with Crippen LogP contribution in [0.25, 0.3) is 5.69 Å². The maximum atomic E-state index is 8.86. The van der Waals surface area contributed by atoms with Crippen molar-refractivity contribution in [2.75, 3.05) is 13.2 Å². The smallest absolute Gasteiger partial charge is 0.0836 e. The molecule has 0 aliphatic heterocycles.